The molecule has 1 fully saturated rings. The van der Waals surface area contributed by atoms with Gasteiger partial charge >= 0.3 is 0 Å². The van der Waals surface area contributed by atoms with E-state index in [4.69, 9.17) is 28.0 Å². The van der Waals surface area contributed by atoms with Crippen molar-refractivity contribution < 1.29 is 14.0 Å². The van der Waals surface area contributed by atoms with E-state index in [0.717, 1.165) is 6.54 Å². The average Bonchev–Trinajstić information content (AvgIpc) is 3.27. The number of carbonyl (C=O) groups excluding carboxylic acids is 2. The second-order valence-corrected chi connectivity index (χ2v) is 6.81. The molecule has 0 radical (unpaired) electrons. The number of nitrogens with one attached hydrogen (secondary N) is 3. The van der Waals surface area contributed by atoms with E-state index in [1.165, 1.54) is 18.2 Å². The van der Waals surface area contributed by atoms with Gasteiger partial charge in [-0.2, -0.15) is 0 Å². The minimum Gasteiger partial charge on any atom is -0.325 e. The van der Waals surface area contributed by atoms with E-state index in [-0.39, 0.29) is 11.7 Å². The molecular weight excluding hydrogens is 440 g/mol. The number of hydrogen-bond acceptors (Lipinski definition) is 4. The van der Waals surface area contributed by atoms with Crippen molar-refractivity contribution >= 4 is 41.6 Å². The fraction of sp³-hybridized carbons (Fsp3) is 0.391. The summed E-state index contributed by atoms with van der Waals surface area (Å²) in [5.74, 6) is -1.16. The van der Waals surface area contributed by atoms with Gasteiger partial charge in [0.05, 0.1) is 6.04 Å². The summed E-state index contributed by atoms with van der Waals surface area (Å²) in [5, 5.41) is 9.55. The SMILES string of the molecule is C=C(Cl)/C=C\C=C(/F)C1CCNC1C(=O)Nc1cccc(Cl)c1.C=O.CC.CCNC. The molecule has 1 aliphatic rings. The van der Waals surface area contributed by atoms with Crippen molar-refractivity contribution in [3.8, 4) is 0 Å². The highest BCUT2D eigenvalue weighted by atomic mass is 35.5. The lowest BCUT2D eigenvalue weighted by atomic mass is 9.98. The van der Waals surface area contributed by atoms with Gasteiger partial charge in [-0.05, 0) is 56.9 Å². The van der Waals surface area contributed by atoms with E-state index < -0.39 is 12.0 Å². The molecule has 1 aromatic rings. The first kappa shape index (κ1) is 31.2. The zero-order valence-electron chi connectivity index (χ0n) is 18.7. The predicted octanol–water partition coefficient (Wildman–Crippen LogP) is 5.49. The number of amides is 1. The molecule has 1 heterocycles. The van der Waals surface area contributed by atoms with Gasteiger partial charge < -0.3 is 20.7 Å². The van der Waals surface area contributed by atoms with Crippen LogP contribution >= 0.6 is 23.2 Å². The maximum absolute atomic E-state index is 14.3. The number of allylic oxidation sites excluding steroid dienone is 4. The second-order valence-electron chi connectivity index (χ2n) is 5.89. The Labute approximate surface area is 195 Å². The van der Waals surface area contributed by atoms with Gasteiger partial charge in [0.15, 0.2) is 0 Å². The van der Waals surface area contributed by atoms with Gasteiger partial charge in [0.2, 0.25) is 5.91 Å². The van der Waals surface area contributed by atoms with Crippen molar-refractivity contribution in [3.63, 3.8) is 0 Å². The van der Waals surface area contributed by atoms with E-state index in [1.807, 2.05) is 27.7 Å². The van der Waals surface area contributed by atoms with Gasteiger partial charge in [-0.15, -0.1) is 0 Å². The first-order chi connectivity index (χ1) is 14.9. The summed E-state index contributed by atoms with van der Waals surface area (Å²) in [4.78, 5) is 20.4. The summed E-state index contributed by atoms with van der Waals surface area (Å²) < 4.78 is 14.3. The molecule has 2 unspecified atom stereocenters. The largest absolute Gasteiger partial charge is 0.325 e. The molecule has 3 N–H and O–H groups in total. The molecule has 2 atom stereocenters. The minimum absolute atomic E-state index is 0.288. The van der Waals surface area contributed by atoms with Gasteiger partial charge in [-0.3, -0.25) is 4.79 Å². The van der Waals surface area contributed by atoms with E-state index in [1.54, 1.807) is 24.3 Å². The predicted molar refractivity (Wildman–Crippen MR) is 131 cm³/mol. The van der Waals surface area contributed by atoms with Crippen molar-refractivity contribution in [1.82, 2.24) is 10.6 Å². The number of hydrogen-bond donors (Lipinski definition) is 3. The Bertz CT molecular complexity index is 710. The Morgan fingerprint density at radius 1 is 1.35 bits per heavy atom. The normalized spacial score (nSPS) is 17.3. The maximum Gasteiger partial charge on any atom is 0.242 e. The number of halogens is 3. The van der Waals surface area contributed by atoms with E-state index in [0.29, 0.717) is 28.7 Å². The summed E-state index contributed by atoms with van der Waals surface area (Å²) in [6, 6.07) is 6.20. The molecule has 1 saturated heterocycles. The summed E-state index contributed by atoms with van der Waals surface area (Å²) in [6.45, 7) is 13.2. The third-order valence-corrected chi connectivity index (χ3v) is 4.20. The lowest BCUT2D eigenvalue weighted by Crippen LogP contribution is -2.40. The quantitative estimate of drug-likeness (QED) is 0.477. The first-order valence-corrected chi connectivity index (χ1v) is 10.8. The molecule has 0 spiro atoms. The molecule has 8 heteroatoms. The van der Waals surface area contributed by atoms with Crippen molar-refractivity contribution in [1.29, 1.82) is 0 Å². The zero-order valence-corrected chi connectivity index (χ0v) is 20.2. The lowest BCUT2D eigenvalue weighted by molar-refractivity contribution is -0.118. The Balaban J connectivity index is 0. The Morgan fingerprint density at radius 3 is 2.48 bits per heavy atom. The monoisotopic (exact) mass is 473 g/mol. The highest BCUT2D eigenvalue weighted by Crippen LogP contribution is 2.26. The molecule has 5 nitrogen and oxygen atoms in total. The number of carbonyl (C=O) groups is 2. The fourth-order valence-corrected chi connectivity index (χ4v) is 2.69. The van der Waals surface area contributed by atoms with Crippen LogP contribution in [0.25, 0.3) is 0 Å². The molecule has 0 saturated carbocycles. The van der Waals surface area contributed by atoms with Crippen LogP contribution < -0.4 is 16.0 Å². The van der Waals surface area contributed by atoms with Crippen LogP contribution in [0.2, 0.25) is 5.02 Å². The fourth-order valence-electron chi connectivity index (χ4n) is 2.43. The van der Waals surface area contributed by atoms with E-state index in [9.17, 15) is 9.18 Å². The highest BCUT2D eigenvalue weighted by molar-refractivity contribution is 6.31. The average molecular weight is 474 g/mol. The van der Waals surface area contributed by atoms with Crippen molar-refractivity contribution in [3.05, 3.63) is 65.0 Å². The summed E-state index contributed by atoms with van der Waals surface area (Å²) in [7, 11) is 1.93. The van der Waals surface area contributed by atoms with Gasteiger partial charge in [0, 0.05) is 21.7 Å². The smallest absolute Gasteiger partial charge is 0.242 e. The molecule has 1 aliphatic heterocycles. The summed E-state index contributed by atoms with van der Waals surface area (Å²) >= 11 is 11.5. The van der Waals surface area contributed by atoms with Crippen LogP contribution in [0.4, 0.5) is 10.1 Å². The Hall–Kier alpha value is -1.99. The highest BCUT2D eigenvalue weighted by Gasteiger charge is 2.35. The molecule has 0 aliphatic carbocycles. The van der Waals surface area contributed by atoms with Gasteiger partial charge in [-0.25, -0.2) is 4.39 Å². The Kier molecular flexibility index (Phi) is 20.1. The third kappa shape index (κ3) is 13.8. The maximum atomic E-state index is 14.3. The van der Waals surface area contributed by atoms with Crippen LogP contribution in [0.15, 0.2) is 59.9 Å². The first-order valence-electron chi connectivity index (χ1n) is 10.0. The van der Waals surface area contributed by atoms with Crippen LogP contribution in [-0.4, -0.2) is 38.9 Å². The van der Waals surface area contributed by atoms with Gasteiger partial charge in [-0.1, -0.05) is 62.7 Å². The van der Waals surface area contributed by atoms with Crippen LogP contribution in [0, 0.1) is 5.92 Å². The lowest BCUT2D eigenvalue weighted by Gasteiger charge is -2.17. The van der Waals surface area contributed by atoms with Gasteiger partial charge in [0.25, 0.3) is 0 Å². The van der Waals surface area contributed by atoms with Crippen LogP contribution in [0.3, 0.4) is 0 Å². The molecule has 0 aromatic heterocycles. The van der Waals surface area contributed by atoms with Crippen molar-refractivity contribution in [2.24, 2.45) is 5.92 Å². The zero-order chi connectivity index (χ0) is 24.2. The van der Waals surface area contributed by atoms with Crippen LogP contribution in [-0.2, 0) is 9.59 Å². The van der Waals surface area contributed by atoms with E-state index >= 15 is 0 Å². The molecule has 0 bridgehead atoms. The number of anilines is 1. The molecule has 31 heavy (non-hydrogen) atoms. The third-order valence-electron chi connectivity index (χ3n) is 3.84. The Morgan fingerprint density at radius 2 is 1.97 bits per heavy atom. The van der Waals surface area contributed by atoms with E-state index in [2.05, 4.69) is 29.5 Å². The number of benzene rings is 1. The standard InChI is InChI=1S/C17H17Cl2FN2O.C3H9N.C2H6.CH2O/c1-11(18)4-2-7-15(20)14-8-9-21-16(14)17(23)22-13-6-3-5-12(19)10-13;1-3-4-2;2*1-2/h2-7,10,14,16,21H,1,8-9H2,(H,22,23);4H,3H2,1-2H3;1-2H3;1H2/b4-2-,15-7-;;;. The molecule has 174 valence electrons. The topological polar surface area (TPSA) is 70.2 Å². The molecule has 1 aromatic carbocycles. The molecular formula is C23H34Cl2FN3O2. The van der Waals surface area contributed by atoms with Crippen molar-refractivity contribution in [2.75, 3.05) is 25.5 Å². The van der Waals surface area contributed by atoms with Crippen LogP contribution in [0.5, 0.6) is 0 Å². The summed E-state index contributed by atoms with van der Waals surface area (Å²) in [6.07, 6.45) is 4.83. The molecule has 1 amide bonds. The second kappa shape index (κ2) is 19.9. The van der Waals surface area contributed by atoms with Crippen LogP contribution in [0.1, 0.15) is 27.2 Å². The number of rotatable bonds is 6. The minimum atomic E-state index is -0.627. The van der Waals surface area contributed by atoms with Crippen molar-refractivity contribution in [2.45, 2.75) is 33.2 Å². The molecule has 2 rings (SSSR count). The summed E-state index contributed by atoms with van der Waals surface area (Å²) in [5.41, 5.74) is 0.581. The van der Waals surface area contributed by atoms with Gasteiger partial charge in [0.1, 0.15) is 12.6 Å².